The van der Waals surface area contributed by atoms with E-state index in [2.05, 4.69) is 11.6 Å². The monoisotopic (exact) mass is 328 g/mol. The van der Waals surface area contributed by atoms with Gasteiger partial charge in [0, 0.05) is 26.1 Å². The number of hydrogen-bond donors (Lipinski definition) is 1. The number of rotatable bonds is 5. The van der Waals surface area contributed by atoms with Crippen molar-refractivity contribution in [1.29, 1.82) is 0 Å². The van der Waals surface area contributed by atoms with Gasteiger partial charge in [0.05, 0.1) is 4.90 Å². The van der Waals surface area contributed by atoms with Crippen LogP contribution in [0.4, 0.5) is 4.39 Å². The van der Waals surface area contributed by atoms with E-state index in [1.165, 1.54) is 12.1 Å². The molecule has 22 heavy (non-hydrogen) atoms. The van der Waals surface area contributed by atoms with Crippen molar-refractivity contribution in [3.8, 4) is 0 Å². The lowest BCUT2D eigenvalue weighted by molar-refractivity contribution is -0.132. The first-order chi connectivity index (χ1) is 10.4. The molecule has 7 heteroatoms. The van der Waals surface area contributed by atoms with Gasteiger partial charge >= 0.3 is 0 Å². The van der Waals surface area contributed by atoms with Gasteiger partial charge in [-0.25, -0.2) is 17.5 Å². The molecule has 2 rings (SSSR count). The number of halogens is 1. The van der Waals surface area contributed by atoms with Crippen LogP contribution in [0.2, 0.25) is 0 Å². The van der Waals surface area contributed by atoms with Crippen molar-refractivity contribution >= 4 is 15.9 Å². The van der Waals surface area contributed by atoms with Crippen LogP contribution < -0.4 is 4.72 Å². The largest absolute Gasteiger partial charge is 0.342 e. The van der Waals surface area contributed by atoms with Gasteiger partial charge in [0.2, 0.25) is 15.9 Å². The minimum absolute atomic E-state index is 0.00653. The number of carbonyl (C=O) groups excluding carboxylic acids is 1. The fourth-order valence-corrected chi connectivity index (χ4v) is 3.60. The predicted molar refractivity (Wildman–Crippen MR) is 81.2 cm³/mol. The Labute approximate surface area is 130 Å². The maximum absolute atomic E-state index is 12.8. The van der Waals surface area contributed by atoms with Crippen LogP contribution in [0.5, 0.6) is 0 Å². The summed E-state index contributed by atoms with van der Waals surface area (Å²) >= 11 is 0. The fourth-order valence-electron chi connectivity index (χ4n) is 2.56. The molecule has 0 spiro atoms. The summed E-state index contributed by atoms with van der Waals surface area (Å²) in [6.07, 6.45) is 2.25. The maximum atomic E-state index is 12.8. The first kappa shape index (κ1) is 16.9. The second kappa shape index (κ2) is 7.19. The molecule has 0 bridgehead atoms. The molecular weight excluding hydrogens is 307 g/mol. The van der Waals surface area contributed by atoms with Crippen LogP contribution in [0.25, 0.3) is 0 Å². The van der Waals surface area contributed by atoms with Crippen LogP contribution in [0.1, 0.15) is 26.2 Å². The SMILES string of the molecule is C[C@H]1CCCN(C(=O)CCNS(=O)(=O)c2ccc(F)cc2)C1. The van der Waals surface area contributed by atoms with Gasteiger partial charge in [0.1, 0.15) is 5.82 Å². The summed E-state index contributed by atoms with van der Waals surface area (Å²) in [5.41, 5.74) is 0. The molecule has 0 aliphatic carbocycles. The lowest BCUT2D eigenvalue weighted by atomic mass is 10.0. The second-order valence-electron chi connectivity index (χ2n) is 5.69. The van der Waals surface area contributed by atoms with Crippen molar-refractivity contribution in [2.45, 2.75) is 31.1 Å². The molecule has 1 aliphatic heterocycles. The molecular formula is C15H21FN2O3S. The minimum atomic E-state index is -3.70. The van der Waals surface area contributed by atoms with Crippen LogP contribution in [-0.2, 0) is 14.8 Å². The molecule has 5 nitrogen and oxygen atoms in total. The number of sulfonamides is 1. The van der Waals surface area contributed by atoms with Gasteiger partial charge in [-0.1, -0.05) is 6.92 Å². The Morgan fingerprint density at radius 3 is 2.68 bits per heavy atom. The summed E-state index contributed by atoms with van der Waals surface area (Å²) in [6.45, 7) is 3.64. The van der Waals surface area contributed by atoms with Crippen molar-refractivity contribution in [1.82, 2.24) is 9.62 Å². The molecule has 1 aromatic rings. The van der Waals surface area contributed by atoms with E-state index < -0.39 is 15.8 Å². The smallest absolute Gasteiger partial charge is 0.240 e. The normalized spacial score (nSPS) is 19.2. The first-order valence-electron chi connectivity index (χ1n) is 7.41. The fraction of sp³-hybridized carbons (Fsp3) is 0.533. The van der Waals surface area contributed by atoms with E-state index in [1.54, 1.807) is 4.90 Å². The molecule has 1 aliphatic rings. The van der Waals surface area contributed by atoms with E-state index in [-0.39, 0.29) is 23.8 Å². The third-order valence-electron chi connectivity index (χ3n) is 3.76. The number of hydrogen-bond acceptors (Lipinski definition) is 3. The molecule has 1 atom stereocenters. The Hall–Kier alpha value is -1.47. The summed E-state index contributed by atoms with van der Waals surface area (Å²) in [6, 6.07) is 4.58. The van der Waals surface area contributed by atoms with Gasteiger partial charge < -0.3 is 4.90 Å². The Balaban J connectivity index is 1.84. The van der Waals surface area contributed by atoms with Crippen molar-refractivity contribution < 1.29 is 17.6 Å². The highest BCUT2D eigenvalue weighted by Gasteiger charge is 2.21. The van der Waals surface area contributed by atoms with Gasteiger partial charge in [-0.05, 0) is 43.0 Å². The topological polar surface area (TPSA) is 66.5 Å². The highest BCUT2D eigenvalue weighted by molar-refractivity contribution is 7.89. The number of benzene rings is 1. The summed E-state index contributed by atoms with van der Waals surface area (Å²) in [5, 5.41) is 0. The van der Waals surface area contributed by atoms with Crippen molar-refractivity contribution in [3.63, 3.8) is 0 Å². The van der Waals surface area contributed by atoms with Crippen molar-refractivity contribution in [2.75, 3.05) is 19.6 Å². The average molecular weight is 328 g/mol. The summed E-state index contributed by atoms with van der Waals surface area (Å²) < 4.78 is 39.2. The van der Waals surface area contributed by atoms with E-state index >= 15 is 0 Å². The highest BCUT2D eigenvalue weighted by Crippen LogP contribution is 2.16. The van der Waals surface area contributed by atoms with E-state index in [0.29, 0.717) is 5.92 Å². The summed E-state index contributed by atoms with van der Waals surface area (Å²) in [7, 11) is -3.70. The third-order valence-corrected chi connectivity index (χ3v) is 5.24. The van der Waals surface area contributed by atoms with Gasteiger partial charge in [0.25, 0.3) is 0 Å². The van der Waals surface area contributed by atoms with E-state index in [4.69, 9.17) is 0 Å². The predicted octanol–water partition coefficient (Wildman–Crippen LogP) is 1.75. The molecule has 1 aromatic carbocycles. The number of nitrogens with zero attached hydrogens (tertiary/aromatic N) is 1. The Bertz CT molecular complexity index is 616. The molecule has 0 radical (unpaired) electrons. The van der Waals surface area contributed by atoms with E-state index in [9.17, 15) is 17.6 Å². The molecule has 1 amide bonds. The molecule has 0 aromatic heterocycles. The third kappa shape index (κ3) is 4.51. The molecule has 122 valence electrons. The van der Waals surface area contributed by atoms with Gasteiger partial charge in [-0.3, -0.25) is 4.79 Å². The van der Waals surface area contributed by atoms with E-state index in [1.807, 2.05) is 0 Å². The molecule has 0 unspecified atom stereocenters. The summed E-state index contributed by atoms with van der Waals surface area (Å²) in [5.74, 6) is -0.0321. The number of piperidine rings is 1. The van der Waals surface area contributed by atoms with Crippen LogP contribution in [0.15, 0.2) is 29.2 Å². The molecule has 1 N–H and O–H groups in total. The lowest BCUT2D eigenvalue weighted by Gasteiger charge is -2.31. The Morgan fingerprint density at radius 1 is 1.36 bits per heavy atom. The lowest BCUT2D eigenvalue weighted by Crippen LogP contribution is -2.40. The minimum Gasteiger partial charge on any atom is -0.342 e. The number of amides is 1. The van der Waals surface area contributed by atoms with Crippen LogP contribution in [-0.4, -0.2) is 38.9 Å². The van der Waals surface area contributed by atoms with Crippen molar-refractivity contribution in [2.24, 2.45) is 5.92 Å². The maximum Gasteiger partial charge on any atom is 0.240 e. The average Bonchev–Trinajstić information content (AvgIpc) is 2.47. The number of likely N-dealkylation sites (tertiary alicyclic amines) is 1. The second-order valence-corrected chi connectivity index (χ2v) is 7.46. The zero-order valence-electron chi connectivity index (χ0n) is 12.6. The quantitative estimate of drug-likeness (QED) is 0.895. The van der Waals surface area contributed by atoms with Crippen LogP contribution in [0.3, 0.4) is 0 Å². The van der Waals surface area contributed by atoms with E-state index in [0.717, 1.165) is 38.1 Å². The number of nitrogens with one attached hydrogen (secondary N) is 1. The standard InChI is InChI=1S/C15H21FN2O3S/c1-12-3-2-10-18(11-12)15(19)8-9-17-22(20,21)14-6-4-13(16)5-7-14/h4-7,12,17H,2-3,8-11H2,1H3/t12-/m0/s1. The Kier molecular flexibility index (Phi) is 5.52. The molecule has 1 saturated heterocycles. The zero-order valence-corrected chi connectivity index (χ0v) is 13.4. The zero-order chi connectivity index (χ0) is 16.2. The van der Waals surface area contributed by atoms with Crippen LogP contribution >= 0.6 is 0 Å². The summed E-state index contributed by atoms with van der Waals surface area (Å²) in [4.78, 5) is 13.8. The molecule has 1 fully saturated rings. The Morgan fingerprint density at radius 2 is 2.05 bits per heavy atom. The van der Waals surface area contributed by atoms with Gasteiger partial charge in [0.15, 0.2) is 0 Å². The first-order valence-corrected chi connectivity index (χ1v) is 8.90. The van der Waals surface area contributed by atoms with Gasteiger partial charge in [-0.2, -0.15) is 0 Å². The highest BCUT2D eigenvalue weighted by atomic mass is 32.2. The number of carbonyl (C=O) groups is 1. The molecule has 1 heterocycles. The molecule has 0 saturated carbocycles. The van der Waals surface area contributed by atoms with Crippen molar-refractivity contribution in [3.05, 3.63) is 30.1 Å². The van der Waals surface area contributed by atoms with Crippen LogP contribution in [0, 0.1) is 11.7 Å². The van der Waals surface area contributed by atoms with Gasteiger partial charge in [-0.15, -0.1) is 0 Å².